The maximum atomic E-state index is 4.42. The van der Waals surface area contributed by atoms with Gasteiger partial charge < -0.3 is 5.32 Å². The molecule has 0 amide bonds. The molecule has 1 aromatic heterocycles. The van der Waals surface area contributed by atoms with Gasteiger partial charge in [0, 0.05) is 30.1 Å². The SMILES string of the molecule is CC(CNC1CC(C)(C)CC(C)(C)C1)c1nccs1. The molecule has 2 rings (SSSR count). The van der Waals surface area contributed by atoms with E-state index in [1.807, 2.05) is 6.20 Å². The zero-order chi connectivity index (χ0) is 14.1. The van der Waals surface area contributed by atoms with Gasteiger partial charge in [0.05, 0.1) is 5.01 Å². The fourth-order valence-electron chi connectivity index (χ4n) is 3.90. The average Bonchev–Trinajstić information content (AvgIpc) is 2.74. The summed E-state index contributed by atoms with van der Waals surface area (Å²) in [4.78, 5) is 4.42. The highest BCUT2D eigenvalue weighted by Gasteiger charge is 2.38. The van der Waals surface area contributed by atoms with Crippen molar-refractivity contribution in [1.29, 1.82) is 0 Å². The molecule has 1 aliphatic carbocycles. The summed E-state index contributed by atoms with van der Waals surface area (Å²) in [5.74, 6) is 0.521. The number of rotatable bonds is 4. The third-order valence-electron chi connectivity index (χ3n) is 4.14. The first kappa shape index (κ1) is 15.0. The predicted molar refractivity (Wildman–Crippen MR) is 83.7 cm³/mol. The first-order valence-corrected chi connectivity index (χ1v) is 8.28. The third-order valence-corrected chi connectivity index (χ3v) is 5.15. The summed E-state index contributed by atoms with van der Waals surface area (Å²) in [6.07, 6.45) is 5.82. The Morgan fingerprint density at radius 1 is 1.32 bits per heavy atom. The molecule has 1 aliphatic rings. The molecule has 0 bridgehead atoms. The van der Waals surface area contributed by atoms with E-state index in [0.717, 1.165) is 6.54 Å². The second-order valence-electron chi connectivity index (χ2n) is 7.79. The van der Waals surface area contributed by atoms with E-state index in [-0.39, 0.29) is 0 Å². The Balaban J connectivity index is 1.89. The normalized spacial score (nSPS) is 24.3. The van der Waals surface area contributed by atoms with E-state index < -0.39 is 0 Å². The molecule has 0 saturated heterocycles. The summed E-state index contributed by atoms with van der Waals surface area (Å²) in [6.45, 7) is 13.0. The largest absolute Gasteiger partial charge is 0.313 e. The summed E-state index contributed by atoms with van der Waals surface area (Å²) in [5.41, 5.74) is 0.924. The monoisotopic (exact) mass is 280 g/mol. The average molecular weight is 280 g/mol. The van der Waals surface area contributed by atoms with Gasteiger partial charge in [-0.15, -0.1) is 11.3 Å². The van der Waals surface area contributed by atoms with Crippen LogP contribution < -0.4 is 5.32 Å². The van der Waals surface area contributed by atoms with E-state index in [9.17, 15) is 0 Å². The van der Waals surface area contributed by atoms with Gasteiger partial charge >= 0.3 is 0 Å². The lowest BCUT2D eigenvalue weighted by molar-refractivity contribution is 0.0847. The molecule has 108 valence electrons. The van der Waals surface area contributed by atoms with Gasteiger partial charge in [-0.25, -0.2) is 4.98 Å². The fourth-order valence-corrected chi connectivity index (χ4v) is 4.60. The minimum Gasteiger partial charge on any atom is -0.313 e. The van der Waals surface area contributed by atoms with Crippen LogP contribution in [0.25, 0.3) is 0 Å². The molecular weight excluding hydrogens is 252 g/mol. The van der Waals surface area contributed by atoms with E-state index in [4.69, 9.17) is 0 Å². The van der Waals surface area contributed by atoms with Crippen molar-refractivity contribution in [3.63, 3.8) is 0 Å². The van der Waals surface area contributed by atoms with Crippen molar-refractivity contribution in [2.45, 2.75) is 65.8 Å². The van der Waals surface area contributed by atoms with Gasteiger partial charge in [0.1, 0.15) is 0 Å². The molecule has 19 heavy (non-hydrogen) atoms. The van der Waals surface area contributed by atoms with E-state index in [1.165, 1.54) is 24.3 Å². The maximum absolute atomic E-state index is 4.42. The topological polar surface area (TPSA) is 24.9 Å². The van der Waals surface area contributed by atoms with Crippen molar-refractivity contribution in [3.05, 3.63) is 16.6 Å². The molecule has 0 aliphatic heterocycles. The molecule has 1 aromatic rings. The highest BCUT2D eigenvalue weighted by molar-refractivity contribution is 7.09. The van der Waals surface area contributed by atoms with Gasteiger partial charge in [-0.05, 0) is 30.1 Å². The van der Waals surface area contributed by atoms with Crippen LogP contribution in [0.5, 0.6) is 0 Å². The van der Waals surface area contributed by atoms with Gasteiger partial charge in [-0.3, -0.25) is 0 Å². The third kappa shape index (κ3) is 4.28. The van der Waals surface area contributed by atoms with Crippen LogP contribution in [-0.2, 0) is 0 Å². The molecule has 1 N–H and O–H groups in total. The Labute approximate surface area is 122 Å². The van der Waals surface area contributed by atoms with Crippen LogP contribution in [0.15, 0.2) is 11.6 Å². The Morgan fingerprint density at radius 2 is 1.95 bits per heavy atom. The number of hydrogen-bond donors (Lipinski definition) is 1. The number of aromatic nitrogens is 1. The summed E-state index contributed by atoms with van der Waals surface area (Å²) in [6, 6.07) is 0.654. The van der Waals surface area contributed by atoms with Gasteiger partial charge in [-0.1, -0.05) is 34.6 Å². The minimum atomic E-state index is 0.462. The van der Waals surface area contributed by atoms with Crippen molar-refractivity contribution in [3.8, 4) is 0 Å². The second kappa shape index (κ2) is 5.53. The number of nitrogens with one attached hydrogen (secondary N) is 1. The lowest BCUT2D eigenvalue weighted by Crippen LogP contribution is -2.44. The van der Waals surface area contributed by atoms with Crippen LogP contribution in [0.3, 0.4) is 0 Å². The Hall–Kier alpha value is -0.410. The highest BCUT2D eigenvalue weighted by atomic mass is 32.1. The van der Waals surface area contributed by atoms with E-state index in [2.05, 4.69) is 50.3 Å². The van der Waals surface area contributed by atoms with Crippen molar-refractivity contribution in [2.75, 3.05) is 6.54 Å². The molecule has 0 aromatic carbocycles. The highest BCUT2D eigenvalue weighted by Crippen LogP contribution is 2.45. The Bertz CT molecular complexity index is 379. The molecule has 1 fully saturated rings. The van der Waals surface area contributed by atoms with Crippen LogP contribution in [0.1, 0.15) is 64.8 Å². The van der Waals surface area contributed by atoms with E-state index in [1.54, 1.807) is 11.3 Å². The van der Waals surface area contributed by atoms with Crippen LogP contribution >= 0.6 is 11.3 Å². The molecule has 1 atom stereocenters. The van der Waals surface area contributed by atoms with Crippen LogP contribution in [0.4, 0.5) is 0 Å². The lowest BCUT2D eigenvalue weighted by Gasteiger charge is -2.45. The molecule has 1 heterocycles. The summed E-state index contributed by atoms with van der Waals surface area (Å²) >= 11 is 1.77. The molecule has 1 saturated carbocycles. The van der Waals surface area contributed by atoms with Crippen molar-refractivity contribution < 1.29 is 0 Å². The number of thiazole rings is 1. The van der Waals surface area contributed by atoms with Gasteiger partial charge in [0.25, 0.3) is 0 Å². The molecule has 1 unspecified atom stereocenters. The standard InChI is InChI=1S/C16H28N2S/c1-12(14-17-6-7-19-14)10-18-13-8-15(2,3)11-16(4,5)9-13/h6-7,12-13,18H,8-11H2,1-5H3. The Kier molecular flexibility index (Phi) is 4.36. The summed E-state index contributed by atoms with van der Waals surface area (Å²) in [5, 5.41) is 7.11. The maximum Gasteiger partial charge on any atom is 0.0965 e. The van der Waals surface area contributed by atoms with E-state index >= 15 is 0 Å². The quantitative estimate of drug-likeness (QED) is 0.882. The smallest absolute Gasteiger partial charge is 0.0965 e. The Morgan fingerprint density at radius 3 is 2.47 bits per heavy atom. The predicted octanol–water partition coefficient (Wildman–Crippen LogP) is 4.44. The van der Waals surface area contributed by atoms with Crippen molar-refractivity contribution >= 4 is 11.3 Å². The zero-order valence-electron chi connectivity index (χ0n) is 13.0. The van der Waals surface area contributed by atoms with E-state index in [0.29, 0.717) is 22.8 Å². The summed E-state index contributed by atoms with van der Waals surface area (Å²) in [7, 11) is 0. The zero-order valence-corrected chi connectivity index (χ0v) is 13.8. The van der Waals surface area contributed by atoms with Crippen molar-refractivity contribution in [2.24, 2.45) is 10.8 Å². The van der Waals surface area contributed by atoms with Gasteiger partial charge in [0.2, 0.25) is 0 Å². The molecule has 3 heteroatoms. The van der Waals surface area contributed by atoms with Gasteiger partial charge in [-0.2, -0.15) is 0 Å². The molecule has 2 nitrogen and oxygen atoms in total. The fraction of sp³-hybridized carbons (Fsp3) is 0.812. The summed E-state index contributed by atoms with van der Waals surface area (Å²) < 4.78 is 0. The molecular formula is C16H28N2S. The lowest BCUT2D eigenvalue weighted by atomic mass is 9.63. The first-order chi connectivity index (χ1) is 8.77. The number of hydrogen-bond acceptors (Lipinski definition) is 3. The minimum absolute atomic E-state index is 0.462. The van der Waals surface area contributed by atoms with Crippen LogP contribution in [0.2, 0.25) is 0 Å². The van der Waals surface area contributed by atoms with Crippen LogP contribution in [-0.4, -0.2) is 17.6 Å². The van der Waals surface area contributed by atoms with Crippen molar-refractivity contribution in [1.82, 2.24) is 10.3 Å². The first-order valence-electron chi connectivity index (χ1n) is 7.40. The van der Waals surface area contributed by atoms with Gasteiger partial charge in [0.15, 0.2) is 0 Å². The molecule has 0 radical (unpaired) electrons. The van der Waals surface area contributed by atoms with Crippen LogP contribution in [0, 0.1) is 10.8 Å². The molecule has 0 spiro atoms. The second-order valence-corrected chi connectivity index (χ2v) is 8.72. The number of nitrogens with zero attached hydrogens (tertiary/aromatic N) is 1.